The van der Waals surface area contributed by atoms with E-state index in [1.165, 1.54) is 6.07 Å². The second-order valence-electron chi connectivity index (χ2n) is 6.06. The molecule has 0 bridgehead atoms. The summed E-state index contributed by atoms with van der Waals surface area (Å²) in [6.07, 6.45) is 0.347. The van der Waals surface area contributed by atoms with Crippen LogP contribution in [-0.4, -0.2) is 18.9 Å². The Balaban J connectivity index is 1.54. The number of carbonyl (C=O) groups is 2. The van der Waals surface area contributed by atoms with Crippen molar-refractivity contribution in [3.05, 3.63) is 59.7 Å². The summed E-state index contributed by atoms with van der Waals surface area (Å²) in [5.41, 5.74) is 0.330. The summed E-state index contributed by atoms with van der Waals surface area (Å²) < 4.78 is 32.4. The summed E-state index contributed by atoms with van der Waals surface area (Å²) in [4.78, 5) is 24.3. The smallest absolute Gasteiger partial charge is 0.228 e. The van der Waals surface area contributed by atoms with Crippen molar-refractivity contribution in [2.45, 2.75) is 13.0 Å². The fraction of sp³-hybridized carbons (Fsp3) is 0.263. The van der Waals surface area contributed by atoms with Crippen LogP contribution in [-0.2, 0) is 16.1 Å². The molecular weight excluding hydrogens is 342 g/mol. The first-order valence-corrected chi connectivity index (χ1v) is 8.15. The number of carbonyl (C=O) groups excluding carboxylic acids is 2. The lowest BCUT2D eigenvalue weighted by atomic mass is 10.2. The molecule has 0 aromatic heterocycles. The molecular formula is C19H18F2N2O3. The van der Waals surface area contributed by atoms with Gasteiger partial charge in [-0.05, 0) is 24.6 Å². The molecule has 26 heavy (non-hydrogen) atoms. The molecule has 2 amide bonds. The maximum Gasteiger partial charge on any atom is 0.228 e. The van der Waals surface area contributed by atoms with Gasteiger partial charge < -0.3 is 15.4 Å². The quantitative estimate of drug-likeness (QED) is 0.832. The lowest BCUT2D eigenvalue weighted by Gasteiger charge is -2.10. The lowest BCUT2D eigenvalue weighted by molar-refractivity contribution is -0.125. The van der Waals surface area contributed by atoms with Crippen molar-refractivity contribution in [1.82, 2.24) is 5.32 Å². The standard InChI is InChI=1S/C19H18F2N2O3/c1-26-16-8-3-2-5-11(16)10-22-18(24)12-9-13(12)19(25)23-17-14(20)6-4-7-15(17)21/h2-8,12-13H,9-10H2,1H3,(H,22,24)(H,23,25). The van der Waals surface area contributed by atoms with E-state index in [0.717, 1.165) is 17.7 Å². The molecule has 136 valence electrons. The van der Waals surface area contributed by atoms with Crippen molar-refractivity contribution >= 4 is 17.5 Å². The van der Waals surface area contributed by atoms with Gasteiger partial charge in [-0.1, -0.05) is 24.3 Å². The molecule has 2 N–H and O–H groups in total. The molecule has 2 unspecified atom stereocenters. The van der Waals surface area contributed by atoms with E-state index in [1.807, 2.05) is 18.2 Å². The third-order valence-corrected chi connectivity index (χ3v) is 4.32. The number of rotatable bonds is 6. The number of methoxy groups -OCH3 is 1. The van der Waals surface area contributed by atoms with Crippen molar-refractivity contribution in [2.24, 2.45) is 11.8 Å². The molecule has 1 fully saturated rings. The Hall–Kier alpha value is -2.96. The van der Waals surface area contributed by atoms with Crippen LogP contribution in [0.4, 0.5) is 14.5 Å². The van der Waals surface area contributed by atoms with E-state index in [2.05, 4.69) is 10.6 Å². The number of hydrogen-bond donors (Lipinski definition) is 2. The minimum absolute atomic E-state index is 0.273. The molecule has 0 spiro atoms. The molecule has 0 saturated heterocycles. The Labute approximate surface area is 149 Å². The zero-order valence-corrected chi connectivity index (χ0v) is 14.1. The third kappa shape index (κ3) is 3.82. The van der Waals surface area contributed by atoms with Gasteiger partial charge >= 0.3 is 0 Å². The zero-order chi connectivity index (χ0) is 18.7. The van der Waals surface area contributed by atoms with E-state index < -0.39 is 35.1 Å². The van der Waals surface area contributed by atoms with Gasteiger partial charge in [-0.2, -0.15) is 0 Å². The number of hydrogen-bond acceptors (Lipinski definition) is 3. The summed E-state index contributed by atoms with van der Waals surface area (Å²) in [5.74, 6) is -2.97. The van der Waals surface area contributed by atoms with Gasteiger partial charge in [0.05, 0.1) is 18.9 Å². The first-order chi connectivity index (χ1) is 12.5. The molecule has 3 rings (SSSR count). The molecule has 2 aromatic carbocycles. The summed E-state index contributed by atoms with van der Waals surface area (Å²) in [6, 6.07) is 10.6. The number of amides is 2. The number of halogens is 2. The predicted octanol–water partition coefficient (Wildman–Crippen LogP) is 2.86. The van der Waals surface area contributed by atoms with Crippen molar-refractivity contribution in [3.63, 3.8) is 0 Å². The van der Waals surface area contributed by atoms with Crippen molar-refractivity contribution in [1.29, 1.82) is 0 Å². The van der Waals surface area contributed by atoms with Crippen LogP contribution in [0.1, 0.15) is 12.0 Å². The summed E-state index contributed by atoms with van der Waals surface area (Å²) >= 11 is 0. The minimum Gasteiger partial charge on any atom is -0.496 e. The van der Waals surface area contributed by atoms with Crippen molar-refractivity contribution < 1.29 is 23.1 Å². The lowest BCUT2D eigenvalue weighted by Crippen LogP contribution is -2.27. The first kappa shape index (κ1) is 17.8. The van der Waals surface area contributed by atoms with Gasteiger partial charge in [0, 0.05) is 12.1 Å². The topological polar surface area (TPSA) is 67.4 Å². The van der Waals surface area contributed by atoms with E-state index in [9.17, 15) is 18.4 Å². The second-order valence-corrected chi connectivity index (χ2v) is 6.06. The molecule has 2 aromatic rings. The minimum atomic E-state index is -0.851. The highest BCUT2D eigenvalue weighted by Gasteiger charge is 2.48. The molecule has 7 heteroatoms. The fourth-order valence-corrected chi connectivity index (χ4v) is 2.77. The Morgan fingerprint density at radius 3 is 2.38 bits per heavy atom. The average Bonchev–Trinajstić information content (AvgIpc) is 3.44. The van der Waals surface area contributed by atoms with Crippen LogP contribution in [0.5, 0.6) is 5.75 Å². The Morgan fingerprint density at radius 2 is 1.69 bits per heavy atom. The monoisotopic (exact) mass is 360 g/mol. The largest absolute Gasteiger partial charge is 0.496 e. The molecule has 0 aliphatic heterocycles. The Kier molecular flexibility index (Phi) is 5.16. The third-order valence-electron chi connectivity index (χ3n) is 4.32. The molecule has 0 heterocycles. The van der Waals surface area contributed by atoms with E-state index in [-0.39, 0.29) is 12.5 Å². The number of nitrogens with one attached hydrogen (secondary N) is 2. The van der Waals surface area contributed by atoms with Crippen molar-refractivity contribution in [2.75, 3.05) is 12.4 Å². The number of anilines is 1. The van der Waals surface area contributed by atoms with Gasteiger partial charge in [0.25, 0.3) is 0 Å². The maximum absolute atomic E-state index is 13.6. The van der Waals surface area contributed by atoms with Crippen LogP contribution < -0.4 is 15.4 Å². The fourth-order valence-electron chi connectivity index (χ4n) is 2.77. The number of para-hydroxylation sites is 2. The highest BCUT2D eigenvalue weighted by Crippen LogP contribution is 2.40. The number of ether oxygens (including phenoxy) is 1. The van der Waals surface area contributed by atoms with Gasteiger partial charge in [-0.3, -0.25) is 9.59 Å². The van der Waals surface area contributed by atoms with Crippen LogP contribution in [0.15, 0.2) is 42.5 Å². The van der Waals surface area contributed by atoms with Crippen LogP contribution >= 0.6 is 0 Å². The molecule has 2 atom stereocenters. The van der Waals surface area contributed by atoms with Crippen LogP contribution in [0.3, 0.4) is 0 Å². The van der Waals surface area contributed by atoms with Gasteiger partial charge in [0.1, 0.15) is 23.1 Å². The van der Waals surface area contributed by atoms with Crippen LogP contribution in [0.2, 0.25) is 0 Å². The SMILES string of the molecule is COc1ccccc1CNC(=O)C1CC1C(=O)Nc1c(F)cccc1F. The van der Waals surface area contributed by atoms with Crippen LogP contribution in [0.25, 0.3) is 0 Å². The summed E-state index contributed by atoms with van der Waals surface area (Å²) in [5, 5.41) is 4.99. The molecule has 1 saturated carbocycles. The summed E-state index contributed by atoms with van der Waals surface area (Å²) in [6.45, 7) is 0.273. The predicted molar refractivity (Wildman–Crippen MR) is 91.4 cm³/mol. The second kappa shape index (κ2) is 7.51. The first-order valence-electron chi connectivity index (χ1n) is 8.15. The molecule has 1 aliphatic rings. The van der Waals surface area contributed by atoms with E-state index >= 15 is 0 Å². The van der Waals surface area contributed by atoms with Gasteiger partial charge in [0.2, 0.25) is 11.8 Å². The van der Waals surface area contributed by atoms with E-state index in [1.54, 1.807) is 13.2 Å². The summed E-state index contributed by atoms with van der Waals surface area (Å²) in [7, 11) is 1.55. The highest BCUT2D eigenvalue weighted by atomic mass is 19.1. The molecule has 0 radical (unpaired) electrons. The Bertz CT molecular complexity index is 821. The Morgan fingerprint density at radius 1 is 1.04 bits per heavy atom. The van der Waals surface area contributed by atoms with Gasteiger partial charge in [0.15, 0.2) is 0 Å². The van der Waals surface area contributed by atoms with Crippen LogP contribution in [0, 0.1) is 23.5 Å². The highest BCUT2D eigenvalue weighted by molar-refractivity contribution is 5.99. The van der Waals surface area contributed by atoms with Crippen molar-refractivity contribution in [3.8, 4) is 5.75 Å². The normalized spacial score (nSPS) is 18.1. The molecule has 1 aliphatic carbocycles. The van der Waals surface area contributed by atoms with Gasteiger partial charge in [-0.25, -0.2) is 8.78 Å². The number of benzene rings is 2. The van der Waals surface area contributed by atoms with Gasteiger partial charge in [-0.15, -0.1) is 0 Å². The van der Waals surface area contributed by atoms with E-state index in [0.29, 0.717) is 12.2 Å². The molecule has 5 nitrogen and oxygen atoms in total. The van der Waals surface area contributed by atoms with E-state index in [4.69, 9.17) is 4.74 Å². The average molecular weight is 360 g/mol. The maximum atomic E-state index is 13.6. The zero-order valence-electron chi connectivity index (χ0n) is 14.1.